The molecular formula is C20H18N6O. The van der Waals surface area contributed by atoms with Gasteiger partial charge in [-0.1, -0.05) is 0 Å². The zero-order valence-corrected chi connectivity index (χ0v) is 14.6. The van der Waals surface area contributed by atoms with Gasteiger partial charge in [0.05, 0.1) is 23.2 Å². The van der Waals surface area contributed by atoms with Gasteiger partial charge in [0.15, 0.2) is 0 Å². The van der Waals surface area contributed by atoms with Gasteiger partial charge in [0.2, 0.25) is 0 Å². The average molecular weight is 358 g/mol. The number of aromatic nitrogens is 3. The Bertz CT molecular complexity index is 1040. The van der Waals surface area contributed by atoms with Gasteiger partial charge in [-0.3, -0.25) is 15.5 Å². The van der Waals surface area contributed by atoms with Crippen LogP contribution < -0.4 is 10.5 Å². The summed E-state index contributed by atoms with van der Waals surface area (Å²) in [6.45, 7) is 0. The lowest BCUT2D eigenvalue weighted by molar-refractivity contribution is 0.178. The number of nitrogen functional groups attached to an aromatic ring is 1. The Hall–Kier alpha value is -3.66. The van der Waals surface area contributed by atoms with Crippen LogP contribution in [0.5, 0.6) is 5.75 Å². The van der Waals surface area contributed by atoms with E-state index in [1.807, 2.05) is 6.07 Å². The number of hydrogen-bond donors (Lipinski definition) is 3. The molecule has 0 saturated heterocycles. The molecule has 2 heterocycles. The molecule has 4 rings (SSSR count). The second kappa shape index (κ2) is 6.92. The number of H-pyrrole nitrogens is 1. The molecule has 27 heavy (non-hydrogen) atoms. The molecule has 0 amide bonds. The number of nitrogens with two attached hydrogens (primary N) is 1. The quantitative estimate of drug-likeness (QED) is 0.488. The predicted molar refractivity (Wildman–Crippen MR) is 101 cm³/mol. The van der Waals surface area contributed by atoms with Crippen molar-refractivity contribution in [1.29, 1.82) is 10.7 Å². The largest absolute Gasteiger partial charge is 0.484 e. The Labute approximate surface area is 156 Å². The summed E-state index contributed by atoms with van der Waals surface area (Å²) in [5.74, 6) is 0.636. The lowest BCUT2D eigenvalue weighted by Gasteiger charge is -2.25. The van der Waals surface area contributed by atoms with Crippen molar-refractivity contribution in [2.75, 3.05) is 5.73 Å². The van der Waals surface area contributed by atoms with Gasteiger partial charge >= 0.3 is 0 Å². The number of rotatable bonds is 4. The molecule has 7 heteroatoms. The minimum absolute atomic E-state index is 0.180. The average Bonchev–Trinajstić information content (AvgIpc) is 3.23. The van der Waals surface area contributed by atoms with Crippen LogP contribution in [0, 0.1) is 16.7 Å². The van der Waals surface area contributed by atoms with Gasteiger partial charge in [-0.2, -0.15) is 10.4 Å². The van der Waals surface area contributed by atoms with Crippen molar-refractivity contribution in [3.8, 4) is 11.8 Å². The minimum Gasteiger partial charge on any atom is -0.484 e. The van der Waals surface area contributed by atoms with Crippen LogP contribution in [0.1, 0.15) is 46.9 Å². The Morgan fingerprint density at radius 3 is 3.00 bits per heavy atom. The molecule has 1 aliphatic rings. The van der Waals surface area contributed by atoms with Crippen LogP contribution >= 0.6 is 0 Å². The summed E-state index contributed by atoms with van der Waals surface area (Å²) in [5.41, 5.74) is 10.6. The highest BCUT2D eigenvalue weighted by Gasteiger charge is 2.24. The number of ether oxygens (including phenoxy) is 1. The van der Waals surface area contributed by atoms with E-state index in [1.54, 1.807) is 36.8 Å². The number of hydrogen-bond acceptors (Lipinski definition) is 6. The molecular weight excluding hydrogens is 340 g/mol. The van der Waals surface area contributed by atoms with Crippen LogP contribution in [-0.2, 0) is 6.42 Å². The first-order valence-electron chi connectivity index (χ1n) is 8.69. The fourth-order valence-corrected chi connectivity index (χ4v) is 3.33. The van der Waals surface area contributed by atoms with E-state index in [1.165, 1.54) is 0 Å². The molecule has 1 aromatic carbocycles. The molecule has 0 spiro atoms. The van der Waals surface area contributed by atoms with E-state index in [0.717, 1.165) is 30.5 Å². The van der Waals surface area contributed by atoms with Crippen molar-refractivity contribution in [1.82, 2.24) is 15.2 Å². The van der Waals surface area contributed by atoms with E-state index in [4.69, 9.17) is 21.1 Å². The standard InChI is InChI=1S/C20H18N6O/c21-8-12-6-13-2-1-3-18(20(13)24-9-12)27-15-4-5-17(22)16(7-15)19(23)14-10-25-26-11-14/h4-7,9-11,18,23H,1-3,22H2,(H,25,26). The first-order valence-corrected chi connectivity index (χ1v) is 8.69. The maximum atomic E-state index is 9.07. The second-order valence-electron chi connectivity index (χ2n) is 6.49. The normalized spacial score (nSPS) is 15.6. The number of nitrogens with zero attached hydrogens (tertiary/aromatic N) is 3. The summed E-state index contributed by atoms with van der Waals surface area (Å²) in [5, 5.41) is 24.0. The molecule has 1 aliphatic carbocycles. The SMILES string of the molecule is N#Cc1cnc2c(c1)CCCC2Oc1ccc(N)c(C(=N)c2cn[nH]c2)c1. The van der Waals surface area contributed by atoms with E-state index >= 15 is 0 Å². The lowest BCUT2D eigenvalue weighted by Crippen LogP contribution is -2.17. The molecule has 0 fully saturated rings. The molecule has 0 radical (unpaired) electrons. The second-order valence-corrected chi connectivity index (χ2v) is 6.49. The molecule has 3 aromatic rings. The maximum Gasteiger partial charge on any atom is 0.141 e. The molecule has 1 atom stereocenters. The fraction of sp³-hybridized carbons (Fsp3) is 0.200. The van der Waals surface area contributed by atoms with Crippen molar-refractivity contribution in [2.45, 2.75) is 25.4 Å². The zero-order valence-electron chi connectivity index (χ0n) is 14.6. The summed E-state index contributed by atoms with van der Waals surface area (Å²) >= 11 is 0. The Balaban J connectivity index is 1.62. The fourth-order valence-electron chi connectivity index (χ4n) is 3.33. The third-order valence-corrected chi connectivity index (χ3v) is 4.71. The number of nitrogens with one attached hydrogen (secondary N) is 2. The Morgan fingerprint density at radius 1 is 1.33 bits per heavy atom. The van der Waals surface area contributed by atoms with Gasteiger partial charge in [-0.15, -0.1) is 0 Å². The number of aromatic amines is 1. The van der Waals surface area contributed by atoms with Crippen molar-refractivity contribution in [3.05, 3.63) is 70.8 Å². The van der Waals surface area contributed by atoms with Crippen LogP contribution in [-0.4, -0.2) is 20.9 Å². The number of nitriles is 1. The van der Waals surface area contributed by atoms with Gasteiger partial charge in [0.25, 0.3) is 0 Å². The maximum absolute atomic E-state index is 9.07. The van der Waals surface area contributed by atoms with E-state index < -0.39 is 0 Å². The van der Waals surface area contributed by atoms with E-state index in [0.29, 0.717) is 28.1 Å². The van der Waals surface area contributed by atoms with Crippen LogP contribution in [0.15, 0.2) is 42.9 Å². The van der Waals surface area contributed by atoms with Gasteiger partial charge in [0, 0.05) is 29.2 Å². The molecule has 2 aromatic heterocycles. The monoisotopic (exact) mass is 358 g/mol. The third kappa shape index (κ3) is 3.25. The summed E-state index contributed by atoms with van der Waals surface area (Å²) in [6, 6.07) is 9.35. The predicted octanol–water partition coefficient (Wildman–Crippen LogP) is 3.13. The van der Waals surface area contributed by atoms with Gasteiger partial charge < -0.3 is 10.5 Å². The summed E-state index contributed by atoms with van der Waals surface area (Å²) in [6.07, 6.45) is 7.37. The van der Waals surface area contributed by atoms with Crippen LogP contribution in [0.3, 0.4) is 0 Å². The first-order chi connectivity index (χ1) is 13.2. The van der Waals surface area contributed by atoms with Crippen molar-refractivity contribution in [3.63, 3.8) is 0 Å². The molecule has 0 bridgehead atoms. The van der Waals surface area contributed by atoms with E-state index in [9.17, 15) is 0 Å². The number of benzene rings is 1. The van der Waals surface area contributed by atoms with Gasteiger partial charge in [-0.25, -0.2) is 0 Å². The van der Waals surface area contributed by atoms with Gasteiger partial charge in [0.1, 0.15) is 17.9 Å². The molecule has 134 valence electrons. The van der Waals surface area contributed by atoms with Crippen molar-refractivity contribution in [2.24, 2.45) is 0 Å². The molecule has 0 aliphatic heterocycles. The third-order valence-electron chi connectivity index (χ3n) is 4.71. The highest BCUT2D eigenvalue weighted by Crippen LogP contribution is 2.33. The molecule has 7 nitrogen and oxygen atoms in total. The topological polar surface area (TPSA) is 124 Å². The van der Waals surface area contributed by atoms with Gasteiger partial charge in [-0.05, 0) is 49.1 Å². The number of aryl methyl sites for hydroxylation is 1. The molecule has 1 unspecified atom stereocenters. The number of pyridine rings is 1. The lowest BCUT2D eigenvalue weighted by atomic mass is 9.92. The summed E-state index contributed by atoms with van der Waals surface area (Å²) in [4.78, 5) is 4.46. The van der Waals surface area contributed by atoms with Crippen molar-refractivity contribution >= 4 is 11.4 Å². The highest BCUT2D eigenvalue weighted by atomic mass is 16.5. The van der Waals surface area contributed by atoms with Crippen molar-refractivity contribution < 1.29 is 4.74 Å². The van der Waals surface area contributed by atoms with E-state index in [2.05, 4.69) is 21.3 Å². The van der Waals surface area contributed by atoms with Crippen LogP contribution in [0.25, 0.3) is 0 Å². The number of anilines is 1. The highest BCUT2D eigenvalue weighted by molar-refractivity contribution is 6.13. The summed E-state index contributed by atoms with van der Waals surface area (Å²) < 4.78 is 6.20. The minimum atomic E-state index is -0.180. The van der Waals surface area contributed by atoms with Crippen LogP contribution in [0.2, 0.25) is 0 Å². The number of fused-ring (bicyclic) bond motifs is 1. The zero-order chi connectivity index (χ0) is 18.8. The Morgan fingerprint density at radius 2 is 2.22 bits per heavy atom. The Kier molecular flexibility index (Phi) is 4.30. The summed E-state index contributed by atoms with van der Waals surface area (Å²) in [7, 11) is 0. The molecule has 0 saturated carbocycles. The van der Waals surface area contributed by atoms with E-state index in [-0.39, 0.29) is 11.8 Å². The smallest absolute Gasteiger partial charge is 0.141 e. The molecule has 4 N–H and O–H groups in total. The van der Waals surface area contributed by atoms with Crippen LogP contribution in [0.4, 0.5) is 5.69 Å². The first kappa shape index (κ1) is 16.8.